The number of fused-ring (bicyclic) bond motifs is 1. The Hall–Kier alpha value is -2.20. The first-order valence-corrected chi connectivity index (χ1v) is 8.32. The minimum absolute atomic E-state index is 0.562. The molecular weight excluding hydrogens is 284 g/mol. The summed E-state index contributed by atoms with van der Waals surface area (Å²) in [4.78, 5) is 11.2. The van der Waals surface area contributed by atoms with Crippen molar-refractivity contribution < 1.29 is 0 Å². The number of hydrogen-bond acceptors (Lipinski definition) is 3. The van der Waals surface area contributed by atoms with E-state index in [4.69, 9.17) is 0 Å². The van der Waals surface area contributed by atoms with Crippen molar-refractivity contribution in [3.63, 3.8) is 0 Å². The molecule has 4 rings (SSSR count). The monoisotopic (exact) mass is 306 g/mol. The van der Waals surface area contributed by atoms with Gasteiger partial charge in [0.25, 0.3) is 0 Å². The van der Waals surface area contributed by atoms with Crippen LogP contribution in [-0.4, -0.2) is 32.5 Å². The molecule has 118 valence electrons. The SMILES string of the molecule is Cn1cc(CN2CCC(c3cnccn3)CC2)c2ccccc21. The third-order valence-corrected chi connectivity index (χ3v) is 4.96. The van der Waals surface area contributed by atoms with Crippen LogP contribution < -0.4 is 0 Å². The van der Waals surface area contributed by atoms with Crippen LogP contribution in [-0.2, 0) is 13.6 Å². The zero-order valence-corrected chi connectivity index (χ0v) is 13.5. The molecule has 3 heterocycles. The fraction of sp³-hybridized carbons (Fsp3) is 0.368. The van der Waals surface area contributed by atoms with Gasteiger partial charge in [0.2, 0.25) is 0 Å². The number of nitrogens with zero attached hydrogens (tertiary/aromatic N) is 4. The van der Waals surface area contributed by atoms with Crippen molar-refractivity contribution >= 4 is 10.9 Å². The Kier molecular flexibility index (Phi) is 3.83. The minimum Gasteiger partial charge on any atom is -0.350 e. The van der Waals surface area contributed by atoms with Gasteiger partial charge >= 0.3 is 0 Å². The second-order valence-electron chi connectivity index (χ2n) is 6.46. The molecule has 1 aromatic carbocycles. The highest BCUT2D eigenvalue weighted by Crippen LogP contribution is 2.28. The smallest absolute Gasteiger partial charge is 0.0618 e. The second-order valence-corrected chi connectivity index (χ2v) is 6.46. The normalized spacial score (nSPS) is 16.9. The van der Waals surface area contributed by atoms with Gasteiger partial charge in [-0.1, -0.05) is 18.2 Å². The Bertz CT molecular complexity index is 785. The van der Waals surface area contributed by atoms with Crippen molar-refractivity contribution in [3.05, 3.63) is 60.3 Å². The van der Waals surface area contributed by atoms with Crippen molar-refractivity contribution in [2.24, 2.45) is 7.05 Å². The summed E-state index contributed by atoms with van der Waals surface area (Å²) in [5.74, 6) is 0.562. The third-order valence-electron chi connectivity index (χ3n) is 4.96. The number of hydrogen-bond donors (Lipinski definition) is 0. The largest absolute Gasteiger partial charge is 0.350 e. The third kappa shape index (κ3) is 2.86. The molecule has 3 aromatic rings. The van der Waals surface area contributed by atoms with Gasteiger partial charge in [0.05, 0.1) is 5.69 Å². The molecular formula is C19H22N4. The van der Waals surface area contributed by atoms with Gasteiger partial charge in [-0.2, -0.15) is 0 Å². The topological polar surface area (TPSA) is 34.0 Å². The molecule has 0 radical (unpaired) electrons. The van der Waals surface area contributed by atoms with Crippen LogP contribution in [0.3, 0.4) is 0 Å². The van der Waals surface area contributed by atoms with Gasteiger partial charge < -0.3 is 4.57 Å². The van der Waals surface area contributed by atoms with E-state index in [0.717, 1.165) is 25.3 Å². The van der Waals surface area contributed by atoms with Gasteiger partial charge in [-0.3, -0.25) is 14.9 Å². The molecule has 0 atom stereocenters. The van der Waals surface area contributed by atoms with Crippen molar-refractivity contribution in [1.29, 1.82) is 0 Å². The second kappa shape index (κ2) is 6.13. The van der Waals surface area contributed by atoms with Crippen LogP contribution in [0.25, 0.3) is 10.9 Å². The molecule has 0 spiro atoms. The van der Waals surface area contributed by atoms with E-state index in [2.05, 4.69) is 56.9 Å². The molecule has 0 amide bonds. The van der Waals surface area contributed by atoms with E-state index in [-0.39, 0.29) is 0 Å². The first-order valence-electron chi connectivity index (χ1n) is 8.32. The summed E-state index contributed by atoms with van der Waals surface area (Å²) in [6, 6.07) is 8.67. The van der Waals surface area contributed by atoms with Gasteiger partial charge in [0.1, 0.15) is 0 Å². The van der Waals surface area contributed by atoms with Crippen LogP contribution in [0.4, 0.5) is 0 Å². The minimum atomic E-state index is 0.562. The van der Waals surface area contributed by atoms with Gasteiger partial charge in [0, 0.05) is 55.2 Å². The fourth-order valence-corrected chi connectivity index (χ4v) is 3.70. The Morgan fingerprint density at radius 2 is 1.96 bits per heavy atom. The Balaban J connectivity index is 1.45. The summed E-state index contributed by atoms with van der Waals surface area (Å²) in [7, 11) is 2.13. The van der Waals surface area contributed by atoms with Gasteiger partial charge in [-0.25, -0.2) is 0 Å². The number of aryl methyl sites for hydroxylation is 1. The van der Waals surface area contributed by atoms with Crippen LogP contribution in [0, 0.1) is 0 Å². The highest BCUT2D eigenvalue weighted by Gasteiger charge is 2.22. The molecule has 0 N–H and O–H groups in total. The van der Waals surface area contributed by atoms with Crippen LogP contribution in [0.15, 0.2) is 49.1 Å². The van der Waals surface area contributed by atoms with Crippen molar-refractivity contribution in [2.45, 2.75) is 25.3 Å². The number of benzene rings is 1. The van der Waals surface area contributed by atoms with Crippen LogP contribution in [0.5, 0.6) is 0 Å². The molecule has 1 aliphatic rings. The molecule has 1 aliphatic heterocycles. The Morgan fingerprint density at radius 3 is 2.74 bits per heavy atom. The number of para-hydroxylation sites is 1. The lowest BCUT2D eigenvalue weighted by Gasteiger charge is -2.31. The summed E-state index contributed by atoms with van der Waals surface area (Å²) >= 11 is 0. The maximum Gasteiger partial charge on any atom is 0.0618 e. The highest BCUT2D eigenvalue weighted by atomic mass is 15.1. The van der Waals surface area contributed by atoms with E-state index >= 15 is 0 Å². The number of piperidine rings is 1. The van der Waals surface area contributed by atoms with Gasteiger partial charge in [0.15, 0.2) is 0 Å². The molecule has 2 aromatic heterocycles. The maximum absolute atomic E-state index is 4.47. The lowest BCUT2D eigenvalue weighted by atomic mass is 9.93. The standard InChI is InChI=1S/C19H22N4/c1-22-13-16(17-4-2-3-5-19(17)22)14-23-10-6-15(7-11-23)18-12-20-8-9-21-18/h2-5,8-9,12-13,15H,6-7,10-11,14H2,1H3. The summed E-state index contributed by atoms with van der Waals surface area (Å²) in [6.07, 6.45) is 10.1. The summed E-state index contributed by atoms with van der Waals surface area (Å²) < 4.78 is 2.23. The number of likely N-dealkylation sites (tertiary alicyclic amines) is 1. The molecule has 4 nitrogen and oxygen atoms in total. The molecule has 0 aliphatic carbocycles. The zero-order chi connectivity index (χ0) is 15.6. The summed E-state index contributed by atoms with van der Waals surface area (Å²) in [6.45, 7) is 3.30. The molecule has 0 bridgehead atoms. The zero-order valence-electron chi connectivity index (χ0n) is 13.5. The van der Waals surface area contributed by atoms with E-state index in [1.165, 1.54) is 29.3 Å². The number of rotatable bonds is 3. The van der Waals surface area contributed by atoms with Crippen LogP contribution in [0.1, 0.15) is 30.0 Å². The van der Waals surface area contributed by atoms with E-state index in [1.54, 1.807) is 12.4 Å². The maximum atomic E-state index is 4.47. The Labute approximate surface area is 136 Å². The lowest BCUT2D eigenvalue weighted by Crippen LogP contribution is -2.32. The van der Waals surface area contributed by atoms with Crippen LogP contribution in [0.2, 0.25) is 0 Å². The van der Waals surface area contributed by atoms with Gasteiger partial charge in [-0.15, -0.1) is 0 Å². The highest BCUT2D eigenvalue weighted by molar-refractivity contribution is 5.83. The van der Waals surface area contributed by atoms with Gasteiger partial charge in [-0.05, 0) is 37.6 Å². The predicted octanol–water partition coefficient (Wildman–Crippen LogP) is 3.35. The predicted molar refractivity (Wildman–Crippen MR) is 92.2 cm³/mol. The molecule has 1 saturated heterocycles. The molecule has 0 saturated carbocycles. The summed E-state index contributed by atoms with van der Waals surface area (Å²) in [5.41, 5.74) is 3.90. The first kappa shape index (κ1) is 14.4. The molecule has 0 unspecified atom stereocenters. The molecule has 4 heteroatoms. The van der Waals surface area contributed by atoms with E-state index in [1.807, 2.05) is 6.20 Å². The average molecular weight is 306 g/mol. The van der Waals surface area contributed by atoms with Crippen molar-refractivity contribution in [1.82, 2.24) is 19.4 Å². The molecule has 23 heavy (non-hydrogen) atoms. The van der Waals surface area contributed by atoms with E-state index < -0.39 is 0 Å². The lowest BCUT2D eigenvalue weighted by molar-refractivity contribution is 0.203. The van der Waals surface area contributed by atoms with E-state index in [9.17, 15) is 0 Å². The fourth-order valence-electron chi connectivity index (χ4n) is 3.70. The Morgan fingerprint density at radius 1 is 1.13 bits per heavy atom. The summed E-state index contributed by atoms with van der Waals surface area (Å²) in [5, 5.41) is 1.38. The number of aromatic nitrogens is 3. The quantitative estimate of drug-likeness (QED) is 0.744. The average Bonchev–Trinajstić information content (AvgIpc) is 2.93. The van der Waals surface area contributed by atoms with Crippen molar-refractivity contribution in [2.75, 3.05) is 13.1 Å². The van der Waals surface area contributed by atoms with Crippen molar-refractivity contribution in [3.8, 4) is 0 Å². The van der Waals surface area contributed by atoms with Crippen LogP contribution >= 0.6 is 0 Å². The van der Waals surface area contributed by atoms with E-state index in [0.29, 0.717) is 5.92 Å². The molecule has 1 fully saturated rings. The first-order chi connectivity index (χ1) is 11.3.